The van der Waals surface area contributed by atoms with Crippen LogP contribution in [0.4, 0.5) is 11.4 Å². The smallest absolute Gasteiger partial charge is 0.278 e. The molecule has 0 spiro atoms. The number of carbonyl (C=O) groups excluding carboxylic acids is 3. The predicted molar refractivity (Wildman–Crippen MR) is 122 cm³/mol. The lowest BCUT2D eigenvalue weighted by Gasteiger charge is -2.15. The van der Waals surface area contributed by atoms with E-state index in [4.69, 9.17) is 9.47 Å². The van der Waals surface area contributed by atoms with Crippen LogP contribution >= 0.6 is 0 Å². The first-order valence-electron chi connectivity index (χ1n) is 10.4. The van der Waals surface area contributed by atoms with Gasteiger partial charge < -0.3 is 20.1 Å². The Bertz CT molecular complexity index is 1010. The van der Waals surface area contributed by atoms with Crippen LogP contribution in [0.15, 0.2) is 54.2 Å². The van der Waals surface area contributed by atoms with Crippen LogP contribution in [0.5, 0.6) is 5.75 Å². The number of hydrogen-bond acceptors (Lipinski definition) is 6. The van der Waals surface area contributed by atoms with Gasteiger partial charge in [-0.3, -0.25) is 19.3 Å². The zero-order chi connectivity index (χ0) is 23.1. The van der Waals surface area contributed by atoms with Crippen LogP contribution in [-0.4, -0.2) is 49.5 Å². The minimum absolute atomic E-state index is 0.188. The van der Waals surface area contributed by atoms with Crippen LogP contribution in [0.25, 0.3) is 5.57 Å². The minimum atomic E-state index is -0.386. The molecule has 0 saturated heterocycles. The molecule has 1 heterocycles. The molecule has 0 fully saturated rings. The molecule has 0 saturated carbocycles. The molecule has 0 aliphatic carbocycles. The monoisotopic (exact) mass is 437 g/mol. The van der Waals surface area contributed by atoms with Crippen molar-refractivity contribution in [2.24, 2.45) is 0 Å². The second-order valence-electron chi connectivity index (χ2n) is 7.17. The van der Waals surface area contributed by atoms with E-state index in [0.717, 1.165) is 0 Å². The van der Waals surface area contributed by atoms with Crippen molar-refractivity contribution in [2.45, 2.75) is 20.3 Å². The lowest BCUT2D eigenvalue weighted by atomic mass is 10.0. The van der Waals surface area contributed by atoms with Gasteiger partial charge in [0, 0.05) is 38.1 Å². The topological polar surface area (TPSA) is 97.0 Å². The Labute approximate surface area is 187 Å². The first-order valence-corrected chi connectivity index (χ1v) is 10.4. The lowest BCUT2D eigenvalue weighted by molar-refractivity contribution is -0.137. The van der Waals surface area contributed by atoms with Crippen molar-refractivity contribution in [1.29, 1.82) is 0 Å². The SMILES string of the molecule is CCOCCCN1C(=O)C(Nc2ccc(OC)cc2)=C(c2ccc(NC(C)=O)cc2)C1=O. The van der Waals surface area contributed by atoms with E-state index in [0.29, 0.717) is 42.3 Å². The number of amides is 3. The summed E-state index contributed by atoms with van der Waals surface area (Å²) in [4.78, 5) is 38.9. The molecule has 0 aromatic heterocycles. The fourth-order valence-corrected chi connectivity index (χ4v) is 3.37. The van der Waals surface area contributed by atoms with Crippen molar-refractivity contribution >= 4 is 34.7 Å². The molecule has 8 heteroatoms. The fourth-order valence-electron chi connectivity index (χ4n) is 3.37. The number of methoxy groups -OCH3 is 1. The number of nitrogens with one attached hydrogen (secondary N) is 2. The number of hydrogen-bond donors (Lipinski definition) is 2. The molecule has 1 aliphatic heterocycles. The van der Waals surface area contributed by atoms with Crippen LogP contribution < -0.4 is 15.4 Å². The van der Waals surface area contributed by atoms with Crippen molar-refractivity contribution in [3.05, 3.63) is 59.8 Å². The molecule has 8 nitrogen and oxygen atoms in total. The number of carbonyl (C=O) groups is 3. The quantitative estimate of drug-likeness (QED) is 0.437. The van der Waals surface area contributed by atoms with Crippen molar-refractivity contribution in [1.82, 2.24) is 4.90 Å². The predicted octanol–water partition coefficient (Wildman–Crippen LogP) is 3.27. The highest BCUT2D eigenvalue weighted by molar-refractivity contribution is 6.36. The highest BCUT2D eigenvalue weighted by Gasteiger charge is 2.38. The van der Waals surface area contributed by atoms with E-state index in [1.807, 2.05) is 6.92 Å². The highest BCUT2D eigenvalue weighted by atomic mass is 16.5. The summed E-state index contributed by atoms with van der Waals surface area (Å²) in [5.74, 6) is -0.255. The van der Waals surface area contributed by atoms with Gasteiger partial charge in [-0.2, -0.15) is 0 Å². The Morgan fingerprint density at radius 3 is 2.22 bits per heavy atom. The molecular formula is C24H27N3O5. The molecule has 0 bridgehead atoms. The van der Waals surface area contributed by atoms with Gasteiger partial charge in [-0.15, -0.1) is 0 Å². The number of rotatable bonds is 10. The summed E-state index contributed by atoms with van der Waals surface area (Å²) < 4.78 is 10.5. The maximum absolute atomic E-state index is 13.2. The summed E-state index contributed by atoms with van der Waals surface area (Å²) in [5.41, 5.74) is 2.35. The van der Waals surface area contributed by atoms with E-state index in [2.05, 4.69) is 10.6 Å². The molecule has 0 radical (unpaired) electrons. The Morgan fingerprint density at radius 1 is 0.969 bits per heavy atom. The second-order valence-corrected chi connectivity index (χ2v) is 7.17. The van der Waals surface area contributed by atoms with Gasteiger partial charge in [-0.05, 0) is 55.3 Å². The van der Waals surface area contributed by atoms with Gasteiger partial charge >= 0.3 is 0 Å². The number of anilines is 2. The number of imide groups is 1. The number of ether oxygens (including phenoxy) is 2. The third-order valence-electron chi connectivity index (χ3n) is 4.90. The molecule has 1 aliphatic rings. The summed E-state index contributed by atoms with van der Waals surface area (Å²) in [6.07, 6.45) is 0.551. The van der Waals surface area contributed by atoms with Crippen LogP contribution in [0.3, 0.4) is 0 Å². The Kier molecular flexibility index (Phi) is 7.62. The summed E-state index contributed by atoms with van der Waals surface area (Å²) >= 11 is 0. The second kappa shape index (κ2) is 10.6. The van der Waals surface area contributed by atoms with Crippen LogP contribution in [0.2, 0.25) is 0 Å². The van der Waals surface area contributed by atoms with Gasteiger partial charge in [0.15, 0.2) is 0 Å². The van der Waals surface area contributed by atoms with E-state index < -0.39 is 0 Å². The first-order chi connectivity index (χ1) is 15.4. The van der Waals surface area contributed by atoms with Gasteiger partial charge in [-0.1, -0.05) is 12.1 Å². The standard InChI is InChI=1S/C24H27N3O5/c1-4-32-15-5-14-27-23(29)21(17-6-8-18(9-7-17)25-16(2)28)22(24(27)30)26-19-10-12-20(31-3)13-11-19/h6-13,26H,4-5,14-15H2,1-3H3,(H,25,28). The van der Waals surface area contributed by atoms with Crippen molar-refractivity contribution < 1.29 is 23.9 Å². The third kappa shape index (κ3) is 5.33. The van der Waals surface area contributed by atoms with E-state index in [-0.39, 0.29) is 35.5 Å². The maximum atomic E-state index is 13.2. The molecular weight excluding hydrogens is 410 g/mol. The fraction of sp³-hybridized carbons (Fsp3) is 0.292. The summed E-state index contributed by atoms with van der Waals surface area (Å²) in [5, 5.41) is 5.80. The van der Waals surface area contributed by atoms with Crippen LogP contribution in [-0.2, 0) is 19.1 Å². The average molecular weight is 437 g/mol. The molecule has 3 rings (SSSR count). The largest absolute Gasteiger partial charge is 0.497 e. The normalized spacial score (nSPS) is 13.5. The molecule has 168 valence electrons. The van der Waals surface area contributed by atoms with Crippen molar-refractivity contribution in [2.75, 3.05) is 37.5 Å². The average Bonchev–Trinajstić information content (AvgIpc) is 3.01. The van der Waals surface area contributed by atoms with Gasteiger partial charge in [0.25, 0.3) is 11.8 Å². The Hall–Kier alpha value is -3.65. The van der Waals surface area contributed by atoms with Gasteiger partial charge in [0.1, 0.15) is 11.4 Å². The summed E-state index contributed by atoms with van der Waals surface area (Å²) in [6, 6.07) is 13.9. The number of benzene rings is 2. The van der Waals surface area contributed by atoms with E-state index >= 15 is 0 Å². The van der Waals surface area contributed by atoms with Gasteiger partial charge in [0.2, 0.25) is 5.91 Å². The first kappa shape index (κ1) is 23.0. The van der Waals surface area contributed by atoms with E-state index in [1.54, 1.807) is 55.6 Å². The summed E-state index contributed by atoms with van der Waals surface area (Å²) in [6.45, 7) is 4.63. The van der Waals surface area contributed by atoms with Gasteiger partial charge in [-0.25, -0.2) is 0 Å². The maximum Gasteiger partial charge on any atom is 0.278 e. The van der Waals surface area contributed by atoms with Crippen molar-refractivity contribution in [3.63, 3.8) is 0 Å². The van der Waals surface area contributed by atoms with E-state index in [9.17, 15) is 14.4 Å². The molecule has 0 atom stereocenters. The molecule has 2 N–H and O–H groups in total. The molecule has 2 aromatic rings. The van der Waals surface area contributed by atoms with Gasteiger partial charge in [0.05, 0.1) is 12.7 Å². The van der Waals surface area contributed by atoms with Crippen LogP contribution in [0.1, 0.15) is 25.8 Å². The molecule has 32 heavy (non-hydrogen) atoms. The Balaban J connectivity index is 1.92. The van der Waals surface area contributed by atoms with Crippen molar-refractivity contribution in [3.8, 4) is 5.75 Å². The zero-order valence-electron chi connectivity index (χ0n) is 18.4. The molecule has 2 aromatic carbocycles. The molecule has 3 amide bonds. The number of nitrogens with zero attached hydrogens (tertiary/aromatic N) is 1. The minimum Gasteiger partial charge on any atom is -0.497 e. The Morgan fingerprint density at radius 2 is 1.62 bits per heavy atom. The molecule has 0 unspecified atom stereocenters. The third-order valence-corrected chi connectivity index (χ3v) is 4.90. The lowest BCUT2D eigenvalue weighted by Crippen LogP contribution is -2.34. The van der Waals surface area contributed by atoms with Crippen LogP contribution in [0, 0.1) is 0 Å². The zero-order valence-corrected chi connectivity index (χ0v) is 18.4. The summed E-state index contributed by atoms with van der Waals surface area (Å²) in [7, 11) is 1.58. The highest BCUT2D eigenvalue weighted by Crippen LogP contribution is 2.31. The van der Waals surface area contributed by atoms with E-state index in [1.165, 1.54) is 11.8 Å².